The molecular formula is C7H12N2. The Morgan fingerprint density at radius 2 is 2.11 bits per heavy atom. The number of nitrogens with zero attached hydrogens (tertiary/aromatic N) is 1. The van der Waals surface area contributed by atoms with Crippen LogP contribution in [0.5, 0.6) is 0 Å². The van der Waals surface area contributed by atoms with E-state index in [0.29, 0.717) is 0 Å². The van der Waals surface area contributed by atoms with Crippen LogP contribution in [0, 0.1) is 17.4 Å². The van der Waals surface area contributed by atoms with Crippen molar-refractivity contribution < 1.29 is 0 Å². The van der Waals surface area contributed by atoms with Crippen molar-refractivity contribution in [1.29, 1.82) is 5.26 Å². The van der Waals surface area contributed by atoms with E-state index in [-0.39, 0.29) is 0 Å². The third-order valence-electron chi connectivity index (χ3n) is 1.94. The van der Waals surface area contributed by atoms with Crippen molar-refractivity contribution in [3.8, 4) is 6.19 Å². The van der Waals surface area contributed by atoms with Crippen LogP contribution in [0.1, 0.15) is 25.7 Å². The van der Waals surface area contributed by atoms with E-state index in [9.17, 15) is 0 Å². The Balaban J connectivity index is 2.06. The summed E-state index contributed by atoms with van der Waals surface area (Å²) in [5.41, 5.74) is 0. The highest BCUT2D eigenvalue weighted by Gasteiger charge is 2.13. The number of nitrogens with one attached hydrogen (secondary N) is 1. The van der Waals surface area contributed by atoms with E-state index in [1.165, 1.54) is 25.7 Å². The smallest absolute Gasteiger partial charge is 0.176 e. The predicted octanol–water partition coefficient (Wildman–Crippen LogP) is 1.25. The highest BCUT2D eigenvalue weighted by molar-refractivity contribution is 4.74. The number of hydrogen-bond acceptors (Lipinski definition) is 2. The van der Waals surface area contributed by atoms with Crippen molar-refractivity contribution in [2.24, 2.45) is 5.92 Å². The molecular weight excluding hydrogens is 112 g/mol. The molecule has 0 unspecified atom stereocenters. The van der Waals surface area contributed by atoms with Crippen LogP contribution in [0.3, 0.4) is 0 Å². The van der Waals surface area contributed by atoms with Crippen molar-refractivity contribution in [1.82, 2.24) is 5.32 Å². The lowest BCUT2D eigenvalue weighted by Gasteiger charge is -2.04. The van der Waals surface area contributed by atoms with Crippen molar-refractivity contribution in [2.75, 3.05) is 6.54 Å². The third kappa shape index (κ3) is 1.93. The van der Waals surface area contributed by atoms with Gasteiger partial charge in [-0.05, 0) is 18.8 Å². The number of rotatable bonds is 2. The molecule has 0 spiro atoms. The molecule has 1 rings (SSSR count). The van der Waals surface area contributed by atoms with Gasteiger partial charge in [0.1, 0.15) is 0 Å². The van der Waals surface area contributed by atoms with Gasteiger partial charge in [0.15, 0.2) is 6.19 Å². The number of nitriles is 1. The van der Waals surface area contributed by atoms with E-state index in [0.717, 1.165) is 12.5 Å². The van der Waals surface area contributed by atoms with Crippen molar-refractivity contribution in [3.05, 3.63) is 0 Å². The molecule has 0 aromatic heterocycles. The third-order valence-corrected chi connectivity index (χ3v) is 1.94. The van der Waals surface area contributed by atoms with Gasteiger partial charge in [-0.3, -0.25) is 0 Å². The van der Waals surface area contributed by atoms with Crippen LogP contribution >= 0.6 is 0 Å². The van der Waals surface area contributed by atoms with Gasteiger partial charge in [-0.2, -0.15) is 5.26 Å². The fraction of sp³-hybridized carbons (Fsp3) is 0.857. The molecule has 0 heterocycles. The zero-order valence-electron chi connectivity index (χ0n) is 5.56. The van der Waals surface area contributed by atoms with Gasteiger partial charge < -0.3 is 5.32 Å². The Bertz CT molecular complexity index is 109. The fourth-order valence-corrected chi connectivity index (χ4v) is 1.40. The summed E-state index contributed by atoms with van der Waals surface area (Å²) in [5.74, 6) is 0.782. The van der Waals surface area contributed by atoms with Crippen molar-refractivity contribution >= 4 is 0 Å². The zero-order valence-corrected chi connectivity index (χ0v) is 5.56. The molecule has 1 aliphatic rings. The molecule has 0 aliphatic heterocycles. The summed E-state index contributed by atoms with van der Waals surface area (Å²) in [5, 5.41) is 10.9. The Morgan fingerprint density at radius 3 is 2.67 bits per heavy atom. The molecule has 2 heteroatoms. The second-order valence-corrected chi connectivity index (χ2v) is 2.64. The van der Waals surface area contributed by atoms with E-state index < -0.39 is 0 Å². The molecule has 0 saturated heterocycles. The van der Waals surface area contributed by atoms with Crippen LogP contribution in [0.2, 0.25) is 0 Å². The first-order chi connectivity index (χ1) is 4.43. The minimum absolute atomic E-state index is 0.782. The SMILES string of the molecule is N#CNCC1CCCC1. The minimum atomic E-state index is 0.782. The molecule has 0 radical (unpaired) electrons. The van der Waals surface area contributed by atoms with Crippen molar-refractivity contribution in [3.63, 3.8) is 0 Å². The van der Waals surface area contributed by atoms with E-state index >= 15 is 0 Å². The second kappa shape index (κ2) is 3.34. The molecule has 0 aromatic rings. The maximum absolute atomic E-state index is 8.17. The summed E-state index contributed by atoms with van der Waals surface area (Å²) in [6.07, 6.45) is 7.29. The van der Waals surface area contributed by atoms with E-state index in [4.69, 9.17) is 5.26 Å². The molecule has 1 saturated carbocycles. The van der Waals surface area contributed by atoms with Crippen molar-refractivity contribution in [2.45, 2.75) is 25.7 Å². The molecule has 1 fully saturated rings. The highest BCUT2D eigenvalue weighted by atomic mass is 14.8. The Hall–Kier alpha value is -0.710. The quantitative estimate of drug-likeness (QED) is 0.444. The van der Waals surface area contributed by atoms with Gasteiger partial charge in [0.25, 0.3) is 0 Å². The Morgan fingerprint density at radius 1 is 1.44 bits per heavy atom. The van der Waals surface area contributed by atoms with Crippen LogP contribution in [0.25, 0.3) is 0 Å². The summed E-state index contributed by atoms with van der Waals surface area (Å²) in [6, 6.07) is 0. The van der Waals surface area contributed by atoms with Crippen LogP contribution in [-0.2, 0) is 0 Å². The highest BCUT2D eigenvalue weighted by Crippen LogP contribution is 2.23. The van der Waals surface area contributed by atoms with Gasteiger partial charge in [0.05, 0.1) is 0 Å². The van der Waals surface area contributed by atoms with Gasteiger partial charge in [-0.25, -0.2) is 0 Å². The van der Waals surface area contributed by atoms with Crippen LogP contribution in [0.4, 0.5) is 0 Å². The summed E-state index contributed by atoms with van der Waals surface area (Å²) in [7, 11) is 0. The van der Waals surface area contributed by atoms with Gasteiger partial charge in [-0.15, -0.1) is 0 Å². The first kappa shape index (κ1) is 6.41. The molecule has 0 bridgehead atoms. The molecule has 2 nitrogen and oxygen atoms in total. The first-order valence-corrected chi connectivity index (χ1v) is 3.55. The summed E-state index contributed by atoms with van der Waals surface area (Å²) >= 11 is 0. The molecule has 50 valence electrons. The summed E-state index contributed by atoms with van der Waals surface area (Å²) < 4.78 is 0. The van der Waals surface area contributed by atoms with Crippen LogP contribution in [-0.4, -0.2) is 6.54 Å². The van der Waals surface area contributed by atoms with Crippen LogP contribution in [0.15, 0.2) is 0 Å². The second-order valence-electron chi connectivity index (χ2n) is 2.64. The molecule has 0 amide bonds. The maximum Gasteiger partial charge on any atom is 0.176 e. The average molecular weight is 124 g/mol. The predicted molar refractivity (Wildman–Crippen MR) is 35.6 cm³/mol. The fourth-order valence-electron chi connectivity index (χ4n) is 1.40. The first-order valence-electron chi connectivity index (χ1n) is 3.55. The lowest BCUT2D eigenvalue weighted by molar-refractivity contribution is 0.530. The average Bonchev–Trinajstić information content (AvgIpc) is 2.34. The monoisotopic (exact) mass is 124 g/mol. The van der Waals surface area contributed by atoms with Gasteiger partial charge in [-0.1, -0.05) is 12.8 Å². The maximum atomic E-state index is 8.17. The Labute approximate surface area is 55.9 Å². The van der Waals surface area contributed by atoms with E-state index in [2.05, 4.69) is 5.32 Å². The normalized spacial score (nSPS) is 19.4. The zero-order chi connectivity index (χ0) is 6.53. The lowest BCUT2D eigenvalue weighted by atomic mass is 10.1. The van der Waals surface area contributed by atoms with Crippen LogP contribution < -0.4 is 5.32 Å². The lowest BCUT2D eigenvalue weighted by Crippen LogP contribution is -2.15. The number of hydrogen-bond donors (Lipinski definition) is 1. The molecule has 1 N–H and O–H groups in total. The molecule has 9 heavy (non-hydrogen) atoms. The topological polar surface area (TPSA) is 35.8 Å². The minimum Gasteiger partial charge on any atom is -0.324 e. The molecule has 0 atom stereocenters. The van der Waals surface area contributed by atoms with E-state index in [1.807, 2.05) is 6.19 Å². The Kier molecular flexibility index (Phi) is 2.38. The largest absolute Gasteiger partial charge is 0.324 e. The summed E-state index contributed by atoms with van der Waals surface area (Å²) in [4.78, 5) is 0. The molecule has 0 aromatic carbocycles. The van der Waals surface area contributed by atoms with Gasteiger partial charge in [0, 0.05) is 6.54 Å². The summed E-state index contributed by atoms with van der Waals surface area (Å²) in [6.45, 7) is 0.899. The van der Waals surface area contributed by atoms with E-state index in [1.54, 1.807) is 0 Å². The van der Waals surface area contributed by atoms with Gasteiger partial charge in [0.2, 0.25) is 0 Å². The van der Waals surface area contributed by atoms with Gasteiger partial charge >= 0.3 is 0 Å². The standard InChI is InChI=1S/C7H12N2/c8-6-9-5-7-3-1-2-4-7/h7,9H,1-5H2. The molecule has 1 aliphatic carbocycles.